The Hall–Kier alpha value is -8.85. The van der Waals surface area contributed by atoms with Crippen LogP contribution in [0.5, 0.6) is 0 Å². The molecule has 0 saturated heterocycles. The first kappa shape index (κ1) is 37.4. The molecule has 0 unspecified atom stereocenters. The van der Waals surface area contributed by atoms with Crippen molar-refractivity contribution in [2.45, 2.75) is 0 Å². The Kier molecular flexibility index (Phi) is 7.61. The van der Waals surface area contributed by atoms with E-state index >= 15 is 0 Å². The minimum absolute atomic E-state index is 0.412. The van der Waals surface area contributed by atoms with Crippen molar-refractivity contribution in [2.75, 3.05) is 0 Å². The number of pyridine rings is 1. The van der Waals surface area contributed by atoms with Crippen molar-refractivity contribution in [2.24, 2.45) is 0 Å². The highest BCUT2D eigenvalue weighted by Crippen LogP contribution is 2.55. The molecule has 68 heavy (non-hydrogen) atoms. The van der Waals surface area contributed by atoms with Gasteiger partial charge in [-0.1, -0.05) is 158 Å². The average Bonchev–Trinajstić information content (AvgIpc) is 4.16. The quantitative estimate of drug-likeness (QED) is 0.131. The lowest BCUT2D eigenvalue weighted by Gasteiger charge is -2.26. The fourth-order valence-corrected chi connectivity index (χ4v) is 14.0. The Morgan fingerprint density at radius 3 is 1.60 bits per heavy atom. The topological polar surface area (TPSA) is 50.9 Å². The molecular weight excluding hydrogens is 867 g/mol. The molecule has 5 nitrogen and oxygen atoms in total. The van der Waals surface area contributed by atoms with Gasteiger partial charge in [-0.2, -0.15) is 5.26 Å². The van der Waals surface area contributed by atoms with Crippen molar-refractivity contribution in [1.29, 1.82) is 5.26 Å². The van der Waals surface area contributed by atoms with Gasteiger partial charge in [-0.05, 0) is 46.2 Å². The summed E-state index contributed by atoms with van der Waals surface area (Å²) in [5.74, 6) is 0. The van der Waals surface area contributed by atoms with Crippen LogP contribution in [-0.4, -0.2) is 14.1 Å². The van der Waals surface area contributed by atoms with Crippen molar-refractivity contribution >= 4 is 134 Å². The fourth-order valence-electron chi connectivity index (χ4n) is 11.5. The molecule has 7 heteroatoms. The molecule has 312 valence electrons. The normalized spacial score (nSPS) is 12.1. The van der Waals surface area contributed by atoms with Crippen LogP contribution in [0, 0.1) is 17.9 Å². The molecule has 0 aliphatic rings. The first-order chi connectivity index (χ1) is 33.7. The number of thiophene rings is 2. The maximum absolute atomic E-state index is 12.1. The minimum atomic E-state index is 0.412. The number of benzene rings is 10. The zero-order valence-electron chi connectivity index (χ0n) is 36.0. The molecule has 0 atom stereocenters. The minimum Gasteiger partial charge on any atom is -0.318 e. The number of aromatic nitrogens is 3. The molecule has 5 heterocycles. The van der Waals surface area contributed by atoms with E-state index in [9.17, 15) is 11.8 Å². The van der Waals surface area contributed by atoms with Gasteiger partial charge in [0.1, 0.15) is 6.07 Å². The fraction of sp³-hybridized carbons (Fsp3) is 0. The van der Waals surface area contributed by atoms with Crippen molar-refractivity contribution < 1.29 is 0 Å². The third kappa shape index (κ3) is 4.78. The van der Waals surface area contributed by atoms with Gasteiger partial charge in [0, 0.05) is 75.2 Å². The van der Waals surface area contributed by atoms with Crippen molar-refractivity contribution in [3.05, 3.63) is 205 Å². The van der Waals surface area contributed by atoms with E-state index < -0.39 is 0 Å². The number of nitrogens with zero attached hydrogens (tertiary/aromatic N) is 5. The second kappa shape index (κ2) is 13.8. The summed E-state index contributed by atoms with van der Waals surface area (Å²) in [6.07, 6.45) is 1.90. The van der Waals surface area contributed by atoms with E-state index in [1.807, 2.05) is 42.6 Å². The Bertz CT molecular complexity index is 4530. The van der Waals surface area contributed by atoms with Crippen LogP contribution in [-0.2, 0) is 0 Å². The maximum atomic E-state index is 12.1. The van der Waals surface area contributed by atoms with Crippen LogP contribution in [0.1, 0.15) is 5.56 Å². The summed E-state index contributed by atoms with van der Waals surface area (Å²) in [5.41, 5.74) is 10.4. The summed E-state index contributed by atoms with van der Waals surface area (Å²) in [4.78, 5) is 9.66. The van der Waals surface area contributed by atoms with Gasteiger partial charge >= 0.3 is 0 Å². The molecule has 0 amide bonds. The van der Waals surface area contributed by atoms with Crippen LogP contribution < -0.4 is 0 Å². The van der Waals surface area contributed by atoms with E-state index in [-0.39, 0.29) is 0 Å². The van der Waals surface area contributed by atoms with Gasteiger partial charge < -0.3 is 9.13 Å². The molecule has 10 aromatic carbocycles. The smallest absolute Gasteiger partial charge is 0.220 e. The predicted octanol–water partition coefficient (Wildman–Crippen LogP) is 17.5. The third-order valence-electron chi connectivity index (χ3n) is 14.2. The average molecular weight is 898 g/mol. The van der Waals surface area contributed by atoms with E-state index in [0.29, 0.717) is 16.8 Å². The van der Waals surface area contributed by atoms with Crippen LogP contribution in [0.2, 0.25) is 0 Å². The van der Waals surface area contributed by atoms with Gasteiger partial charge in [-0.15, -0.1) is 22.7 Å². The largest absolute Gasteiger partial charge is 0.318 e. The highest BCUT2D eigenvalue weighted by atomic mass is 32.1. The Morgan fingerprint density at radius 2 is 0.985 bits per heavy atom. The molecule has 15 aromatic rings. The van der Waals surface area contributed by atoms with Gasteiger partial charge in [-0.3, -0.25) is 4.98 Å². The van der Waals surface area contributed by atoms with E-state index in [1.54, 1.807) is 22.7 Å². The van der Waals surface area contributed by atoms with Gasteiger partial charge in [0.05, 0.1) is 60.5 Å². The lowest BCUT2D eigenvalue weighted by atomic mass is 9.88. The number of hydrogen-bond donors (Lipinski definition) is 0. The van der Waals surface area contributed by atoms with E-state index in [4.69, 9.17) is 4.98 Å². The number of nitriles is 1. The molecule has 0 fully saturated rings. The summed E-state index contributed by atoms with van der Waals surface area (Å²) in [6, 6.07) is 66.9. The highest BCUT2D eigenvalue weighted by molar-refractivity contribution is 7.27. The maximum Gasteiger partial charge on any atom is 0.220 e. The summed E-state index contributed by atoms with van der Waals surface area (Å²) in [7, 11) is 0. The van der Waals surface area contributed by atoms with Gasteiger partial charge in [0.25, 0.3) is 0 Å². The van der Waals surface area contributed by atoms with Crippen molar-refractivity contribution in [3.63, 3.8) is 0 Å². The SMILES string of the molecule is [C-]#[N+]c1c(-c2ccccc2)c(C#N)c(-n2c3c(ccc4c5ccccc5sc43)c3ccc4c5ccccc5sc4c32)c(-c2ccccc2)c1-n1c2cccc3c4ccccc4c4nccc1c4c32. The lowest BCUT2D eigenvalue weighted by molar-refractivity contribution is 1.14. The highest BCUT2D eigenvalue weighted by Gasteiger charge is 2.33. The number of hydrogen-bond acceptors (Lipinski definition) is 4. The second-order valence-electron chi connectivity index (χ2n) is 17.5. The van der Waals surface area contributed by atoms with Crippen LogP contribution in [0.3, 0.4) is 0 Å². The first-order valence-electron chi connectivity index (χ1n) is 22.6. The van der Waals surface area contributed by atoms with Crippen molar-refractivity contribution in [1.82, 2.24) is 14.1 Å². The summed E-state index contributed by atoms with van der Waals surface area (Å²) in [6.45, 7) is 9.36. The Labute approximate surface area is 396 Å². The van der Waals surface area contributed by atoms with Crippen LogP contribution in [0.4, 0.5) is 5.69 Å². The van der Waals surface area contributed by atoms with Crippen LogP contribution in [0.25, 0.3) is 144 Å². The predicted molar refractivity (Wildman–Crippen MR) is 287 cm³/mol. The van der Waals surface area contributed by atoms with Crippen LogP contribution in [0.15, 0.2) is 188 Å². The first-order valence-corrected chi connectivity index (χ1v) is 24.2. The Morgan fingerprint density at radius 1 is 0.456 bits per heavy atom. The van der Waals surface area contributed by atoms with Gasteiger partial charge in [0.15, 0.2) is 0 Å². The molecule has 5 aromatic heterocycles. The number of fused-ring (bicyclic) bond motifs is 14. The zero-order valence-corrected chi connectivity index (χ0v) is 37.6. The third-order valence-corrected chi connectivity index (χ3v) is 16.6. The van der Waals surface area contributed by atoms with Gasteiger partial charge in [-0.25, -0.2) is 4.85 Å². The summed E-state index contributed by atoms with van der Waals surface area (Å²) >= 11 is 3.60. The van der Waals surface area contributed by atoms with Crippen LogP contribution >= 0.6 is 22.7 Å². The zero-order chi connectivity index (χ0) is 44.8. The van der Waals surface area contributed by atoms with E-state index in [2.05, 4.69) is 166 Å². The van der Waals surface area contributed by atoms with Gasteiger partial charge in [0.2, 0.25) is 5.69 Å². The molecular formula is C61H31N5S2. The van der Waals surface area contributed by atoms with E-state index in [1.165, 1.54) is 30.9 Å². The van der Waals surface area contributed by atoms with E-state index in [0.717, 1.165) is 103 Å². The molecule has 0 N–H and O–H groups in total. The summed E-state index contributed by atoms with van der Waals surface area (Å²) < 4.78 is 9.45. The molecule has 0 bridgehead atoms. The van der Waals surface area contributed by atoms with Crippen molar-refractivity contribution in [3.8, 4) is 39.7 Å². The molecule has 0 aliphatic carbocycles. The Balaban J connectivity index is 1.26. The molecule has 0 spiro atoms. The molecule has 0 saturated carbocycles. The monoisotopic (exact) mass is 897 g/mol. The molecule has 15 rings (SSSR count). The summed E-state index contributed by atoms with van der Waals surface area (Å²) in [5, 5.41) is 24.6. The molecule has 0 radical (unpaired) electrons. The second-order valence-corrected chi connectivity index (χ2v) is 19.6. The number of rotatable bonds is 4. The molecule has 0 aliphatic heterocycles. The standard InChI is InChI=1S/C61H31N5S2/c1-63-55-50(34-15-4-2-5-16-34)45(33-62)56(51(35-17-6-3-7-18-35)59(55)65-46-24-14-23-39-36-19-8-9-22-40(36)54-53(52(39)46)47(65)31-32-64-54)66-57-41(27-29-43-37-20-10-12-25-48(37)67-60(43)57)42-28-30-44-38-21-11-13-26-49(38)68-61(44)58(42)66/h2-32H. The lowest BCUT2D eigenvalue weighted by Crippen LogP contribution is -2.09.